The summed E-state index contributed by atoms with van der Waals surface area (Å²) in [6, 6.07) is 11.6. The van der Waals surface area contributed by atoms with E-state index in [4.69, 9.17) is 5.26 Å². The van der Waals surface area contributed by atoms with Crippen molar-refractivity contribution in [1.29, 1.82) is 5.26 Å². The second-order valence-corrected chi connectivity index (χ2v) is 6.61. The van der Waals surface area contributed by atoms with Crippen LogP contribution in [0.25, 0.3) is 10.9 Å². The van der Waals surface area contributed by atoms with Gasteiger partial charge < -0.3 is 10.6 Å². The van der Waals surface area contributed by atoms with Crippen LogP contribution in [0.2, 0.25) is 0 Å². The summed E-state index contributed by atoms with van der Waals surface area (Å²) >= 11 is 0. The summed E-state index contributed by atoms with van der Waals surface area (Å²) in [6.45, 7) is 3.66. The summed E-state index contributed by atoms with van der Waals surface area (Å²) in [6.07, 6.45) is 2.15. The molecule has 2 heterocycles. The summed E-state index contributed by atoms with van der Waals surface area (Å²) in [5.74, 6) is 0.290. The highest BCUT2D eigenvalue weighted by atomic mass is 16.1. The van der Waals surface area contributed by atoms with Crippen molar-refractivity contribution in [1.82, 2.24) is 15.5 Å². The second-order valence-electron chi connectivity index (χ2n) is 6.61. The van der Waals surface area contributed by atoms with Crippen LogP contribution < -0.4 is 10.6 Å². The molecule has 6 heteroatoms. The van der Waals surface area contributed by atoms with Crippen molar-refractivity contribution < 1.29 is 4.79 Å². The molecule has 130 valence electrons. The number of nitrogens with zero attached hydrogens (tertiary/aromatic N) is 2. The number of benzene rings is 2. The Labute approximate surface area is 151 Å². The Balaban J connectivity index is 1.63. The van der Waals surface area contributed by atoms with Crippen LogP contribution >= 0.6 is 0 Å². The Kier molecular flexibility index (Phi) is 4.15. The zero-order chi connectivity index (χ0) is 18.1. The van der Waals surface area contributed by atoms with Gasteiger partial charge in [-0.25, -0.2) is 0 Å². The highest BCUT2D eigenvalue weighted by molar-refractivity contribution is 6.08. The molecule has 3 aromatic rings. The molecule has 1 amide bonds. The van der Waals surface area contributed by atoms with Crippen molar-refractivity contribution in [2.45, 2.75) is 26.3 Å². The molecule has 1 aliphatic rings. The first-order valence-electron chi connectivity index (χ1n) is 8.68. The molecule has 1 aromatic heterocycles. The average Bonchev–Trinajstić information content (AvgIpc) is 2.88. The third-order valence-electron chi connectivity index (χ3n) is 4.84. The number of carbonyl (C=O) groups is 1. The smallest absolute Gasteiger partial charge is 0.256 e. The second kappa shape index (κ2) is 6.62. The van der Waals surface area contributed by atoms with Gasteiger partial charge in [0, 0.05) is 17.5 Å². The molecule has 0 aliphatic carbocycles. The molecule has 26 heavy (non-hydrogen) atoms. The minimum absolute atomic E-state index is 0.188. The van der Waals surface area contributed by atoms with Crippen LogP contribution in [0.4, 0.5) is 5.82 Å². The monoisotopic (exact) mass is 345 g/mol. The maximum Gasteiger partial charge on any atom is 0.256 e. The number of H-pyrrole nitrogens is 1. The summed E-state index contributed by atoms with van der Waals surface area (Å²) in [5, 5.41) is 23.3. The van der Waals surface area contributed by atoms with E-state index in [0.29, 0.717) is 16.9 Å². The molecule has 0 fully saturated rings. The van der Waals surface area contributed by atoms with Crippen molar-refractivity contribution >= 4 is 22.6 Å². The van der Waals surface area contributed by atoms with E-state index in [1.165, 1.54) is 11.1 Å². The number of aromatic nitrogens is 2. The predicted octanol–water partition coefficient (Wildman–Crippen LogP) is 3.03. The van der Waals surface area contributed by atoms with Gasteiger partial charge in [0.2, 0.25) is 0 Å². The first-order valence-corrected chi connectivity index (χ1v) is 8.68. The standard InChI is InChI=1S/C20H19N5O/c1-12-7-17-18(9-15(12)10-21)24-25-19(17)23-20(26)14-5-4-13-3-2-6-22-11-16(13)8-14/h4-5,7-9,22H,2-3,6,11H2,1H3,(H2,23,24,25,26). The Bertz CT molecular complexity index is 1040. The molecule has 3 N–H and O–H groups in total. The van der Waals surface area contributed by atoms with Gasteiger partial charge in [-0.1, -0.05) is 6.07 Å². The Morgan fingerprint density at radius 1 is 1.27 bits per heavy atom. The van der Waals surface area contributed by atoms with E-state index < -0.39 is 0 Å². The largest absolute Gasteiger partial charge is 0.313 e. The lowest BCUT2D eigenvalue weighted by Gasteiger charge is -2.09. The molecule has 0 atom stereocenters. The van der Waals surface area contributed by atoms with E-state index in [-0.39, 0.29) is 5.91 Å². The van der Waals surface area contributed by atoms with Crippen LogP contribution in [0.15, 0.2) is 30.3 Å². The molecule has 0 radical (unpaired) electrons. The number of amides is 1. The van der Waals surface area contributed by atoms with Crippen LogP contribution in [0.5, 0.6) is 0 Å². The fraction of sp³-hybridized carbons (Fsp3) is 0.250. The summed E-state index contributed by atoms with van der Waals surface area (Å²) in [4.78, 5) is 12.7. The molecule has 1 aliphatic heterocycles. The normalized spacial score (nSPS) is 13.7. The highest BCUT2D eigenvalue weighted by Crippen LogP contribution is 2.25. The van der Waals surface area contributed by atoms with Gasteiger partial charge in [0.25, 0.3) is 5.91 Å². The van der Waals surface area contributed by atoms with E-state index in [9.17, 15) is 4.79 Å². The molecule has 2 aromatic carbocycles. The Hall–Kier alpha value is -3.17. The van der Waals surface area contributed by atoms with Crippen LogP contribution in [0.3, 0.4) is 0 Å². The van der Waals surface area contributed by atoms with Gasteiger partial charge in [-0.15, -0.1) is 0 Å². The number of fused-ring (bicyclic) bond motifs is 2. The van der Waals surface area contributed by atoms with Crippen LogP contribution in [0, 0.1) is 18.3 Å². The third-order valence-corrected chi connectivity index (χ3v) is 4.84. The number of nitrogens with one attached hydrogen (secondary N) is 3. The van der Waals surface area contributed by atoms with Crippen molar-refractivity contribution in [3.05, 3.63) is 58.1 Å². The lowest BCUT2D eigenvalue weighted by Crippen LogP contribution is -2.15. The van der Waals surface area contributed by atoms with Gasteiger partial charge in [0.05, 0.1) is 17.1 Å². The van der Waals surface area contributed by atoms with E-state index in [1.807, 2.05) is 31.2 Å². The van der Waals surface area contributed by atoms with Crippen molar-refractivity contribution in [2.75, 3.05) is 11.9 Å². The quantitative estimate of drug-likeness (QED) is 0.665. The first kappa shape index (κ1) is 16.3. The summed E-state index contributed by atoms with van der Waals surface area (Å²) in [5.41, 5.74) is 5.28. The maximum absolute atomic E-state index is 12.7. The zero-order valence-electron chi connectivity index (χ0n) is 14.5. The number of aryl methyl sites for hydroxylation is 2. The number of rotatable bonds is 2. The van der Waals surface area contributed by atoms with Gasteiger partial charge in [0.1, 0.15) is 0 Å². The first-order chi connectivity index (χ1) is 12.7. The molecular formula is C20H19N5O. The summed E-state index contributed by atoms with van der Waals surface area (Å²) < 4.78 is 0. The number of aromatic amines is 1. The average molecular weight is 345 g/mol. The van der Waals surface area contributed by atoms with Crippen molar-refractivity contribution in [2.24, 2.45) is 0 Å². The van der Waals surface area contributed by atoms with E-state index in [2.05, 4.69) is 26.9 Å². The topological polar surface area (TPSA) is 93.6 Å². The van der Waals surface area contributed by atoms with Crippen LogP contribution in [-0.4, -0.2) is 22.6 Å². The number of nitriles is 1. The highest BCUT2D eigenvalue weighted by Gasteiger charge is 2.15. The fourth-order valence-corrected chi connectivity index (χ4v) is 3.37. The van der Waals surface area contributed by atoms with Crippen molar-refractivity contribution in [3.8, 4) is 6.07 Å². The Morgan fingerprint density at radius 2 is 2.15 bits per heavy atom. The van der Waals surface area contributed by atoms with Gasteiger partial charge in [-0.3, -0.25) is 9.89 Å². The molecule has 0 spiro atoms. The van der Waals surface area contributed by atoms with Gasteiger partial charge in [-0.2, -0.15) is 10.4 Å². The van der Waals surface area contributed by atoms with Crippen molar-refractivity contribution in [3.63, 3.8) is 0 Å². The molecule has 4 rings (SSSR count). The third kappa shape index (κ3) is 2.93. The van der Waals surface area contributed by atoms with E-state index in [0.717, 1.165) is 42.4 Å². The number of hydrogen-bond donors (Lipinski definition) is 3. The van der Waals surface area contributed by atoms with Crippen LogP contribution in [0.1, 0.15) is 39.0 Å². The van der Waals surface area contributed by atoms with Gasteiger partial charge >= 0.3 is 0 Å². The summed E-state index contributed by atoms with van der Waals surface area (Å²) in [7, 11) is 0. The molecule has 0 saturated heterocycles. The molecule has 6 nitrogen and oxygen atoms in total. The fourth-order valence-electron chi connectivity index (χ4n) is 3.37. The number of hydrogen-bond acceptors (Lipinski definition) is 4. The minimum atomic E-state index is -0.188. The SMILES string of the molecule is Cc1cc2c(NC(=O)c3ccc4c(c3)CNCCC4)n[nH]c2cc1C#N. The zero-order valence-corrected chi connectivity index (χ0v) is 14.5. The lowest BCUT2D eigenvalue weighted by atomic mass is 10.0. The molecule has 0 bridgehead atoms. The van der Waals surface area contributed by atoms with Gasteiger partial charge in [-0.05, 0) is 67.3 Å². The minimum Gasteiger partial charge on any atom is -0.313 e. The Morgan fingerprint density at radius 3 is 3.00 bits per heavy atom. The van der Waals surface area contributed by atoms with E-state index >= 15 is 0 Å². The molecular weight excluding hydrogens is 326 g/mol. The van der Waals surface area contributed by atoms with Gasteiger partial charge in [0.15, 0.2) is 5.82 Å². The van der Waals surface area contributed by atoms with E-state index in [1.54, 1.807) is 6.07 Å². The lowest BCUT2D eigenvalue weighted by molar-refractivity contribution is 0.102. The maximum atomic E-state index is 12.7. The molecule has 0 saturated carbocycles. The predicted molar refractivity (Wildman–Crippen MR) is 100.0 cm³/mol. The number of anilines is 1. The molecule has 0 unspecified atom stereocenters. The van der Waals surface area contributed by atoms with Crippen LogP contribution in [-0.2, 0) is 13.0 Å². The number of carbonyl (C=O) groups excluding carboxylic acids is 1.